The number of amides is 1. The van der Waals surface area contributed by atoms with Crippen LogP contribution in [0.2, 0.25) is 5.02 Å². The molecule has 1 N–H and O–H groups in total. The van der Waals surface area contributed by atoms with Crippen LogP contribution in [0.3, 0.4) is 0 Å². The summed E-state index contributed by atoms with van der Waals surface area (Å²) in [5.41, 5.74) is 3.39. The summed E-state index contributed by atoms with van der Waals surface area (Å²) in [6.45, 7) is 2.98. The van der Waals surface area contributed by atoms with Gasteiger partial charge in [0.1, 0.15) is 11.5 Å². The molecule has 1 aromatic carbocycles. The third-order valence-corrected chi connectivity index (χ3v) is 4.46. The highest BCUT2D eigenvalue weighted by Crippen LogP contribution is 2.30. The van der Waals surface area contributed by atoms with Crippen LogP contribution in [0.4, 0.5) is 0 Å². The average Bonchev–Trinajstić information content (AvgIpc) is 3.17. The third-order valence-electron chi connectivity index (χ3n) is 4.13. The predicted molar refractivity (Wildman–Crippen MR) is 103 cm³/mol. The lowest BCUT2D eigenvalue weighted by atomic mass is 10.1. The third kappa shape index (κ3) is 5.19. The normalized spacial score (nSPS) is 14.9. The van der Waals surface area contributed by atoms with Crippen LogP contribution < -0.4 is 5.43 Å². The number of carbonyl (C=O) groups is 2. The molecule has 28 heavy (non-hydrogen) atoms. The quantitative estimate of drug-likeness (QED) is 0.449. The molecule has 2 heterocycles. The minimum Gasteiger partial charge on any atom is -0.465 e. The Hall–Kier alpha value is -2.68. The van der Waals surface area contributed by atoms with Gasteiger partial charge in [-0.15, -0.1) is 0 Å². The molecular formula is C19H20ClN3O5. The molecule has 0 unspecified atom stereocenters. The summed E-state index contributed by atoms with van der Waals surface area (Å²) < 4.78 is 15.6. The molecule has 1 aliphatic heterocycles. The highest BCUT2D eigenvalue weighted by Gasteiger charge is 2.14. The molecule has 0 bridgehead atoms. The molecule has 148 valence electrons. The number of hydrazone groups is 1. The van der Waals surface area contributed by atoms with Gasteiger partial charge in [0.15, 0.2) is 0 Å². The lowest BCUT2D eigenvalue weighted by molar-refractivity contribution is -0.123. The molecule has 1 aromatic heterocycles. The van der Waals surface area contributed by atoms with Crippen molar-refractivity contribution in [3.8, 4) is 11.3 Å². The molecule has 2 aromatic rings. The Bertz CT molecular complexity index is 874. The molecule has 0 aliphatic carbocycles. The van der Waals surface area contributed by atoms with Crippen molar-refractivity contribution in [3.05, 3.63) is 46.7 Å². The summed E-state index contributed by atoms with van der Waals surface area (Å²) in [6, 6.07) is 8.17. The van der Waals surface area contributed by atoms with E-state index in [1.54, 1.807) is 30.3 Å². The molecule has 9 heteroatoms. The first-order valence-electron chi connectivity index (χ1n) is 8.67. The fraction of sp³-hybridized carbons (Fsp3) is 0.316. The number of hydrogen-bond acceptors (Lipinski definition) is 7. The van der Waals surface area contributed by atoms with Crippen molar-refractivity contribution >= 4 is 29.7 Å². The van der Waals surface area contributed by atoms with Gasteiger partial charge >= 0.3 is 5.97 Å². The second kappa shape index (κ2) is 9.50. The Morgan fingerprint density at radius 2 is 2.07 bits per heavy atom. The van der Waals surface area contributed by atoms with Crippen LogP contribution in [0.25, 0.3) is 11.3 Å². The molecule has 0 saturated carbocycles. The maximum absolute atomic E-state index is 11.9. The number of nitrogens with one attached hydrogen (secondary N) is 1. The van der Waals surface area contributed by atoms with Gasteiger partial charge in [-0.1, -0.05) is 11.6 Å². The fourth-order valence-electron chi connectivity index (χ4n) is 2.69. The zero-order chi connectivity index (χ0) is 19.9. The number of rotatable bonds is 6. The number of ether oxygens (including phenoxy) is 2. The van der Waals surface area contributed by atoms with E-state index in [2.05, 4.69) is 10.5 Å². The Morgan fingerprint density at radius 3 is 2.82 bits per heavy atom. The number of furan rings is 1. The van der Waals surface area contributed by atoms with E-state index in [-0.39, 0.29) is 12.5 Å². The van der Waals surface area contributed by atoms with Gasteiger partial charge in [-0.3, -0.25) is 9.69 Å². The zero-order valence-electron chi connectivity index (χ0n) is 15.3. The van der Waals surface area contributed by atoms with Crippen molar-refractivity contribution < 1.29 is 23.5 Å². The van der Waals surface area contributed by atoms with Crippen molar-refractivity contribution in [2.24, 2.45) is 5.10 Å². The first kappa shape index (κ1) is 20.1. The van der Waals surface area contributed by atoms with Crippen LogP contribution in [0.5, 0.6) is 0 Å². The smallest absolute Gasteiger partial charge is 0.337 e. The summed E-state index contributed by atoms with van der Waals surface area (Å²) in [7, 11) is 1.31. The molecule has 1 fully saturated rings. The number of morpholine rings is 1. The summed E-state index contributed by atoms with van der Waals surface area (Å²) in [5, 5.41) is 4.35. The molecule has 8 nitrogen and oxygen atoms in total. The number of halogens is 1. The molecule has 0 atom stereocenters. The lowest BCUT2D eigenvalue weighted by Crippen LogP contribution is -2.42. The number of esters is 1. The van der Waals surface area contributed by atoms with Gasteiger partial charge in [0, 0.05) is 18.7 Å². The highest BCUT2D eigenvalue weighted by molar-refractivity contribution is 6.33. The largest absolute Gasteiger partial charge is 0.465 e. The van der Waals surface area contributed by atoms with E-state index in [0.717, 1.165) is 13.1 Å². The van der Waals surface area contributed by atoms with Crippen LogP contribution in [-0.4, -0.2) is 62.9 Å². The zero-order valence-corrected chi connectivity index (χ0v) is 16.1. The van der Waals surface area contributed by atoms with Gasteiger partial charge in [-0.2, -0.15) is 5.10 Å². The summed E-state index contributed by atoms with van der Waals surface area (Å²) in [6.07, 6.45) is 1.40. The van der Waals surface area contributed by atoms with Crippen molar-refractivity contribution in [1.29, 1.82) is 0 Å². The Kier molecular flexibility index (Phi) is 6.80. The molecule has 3 rings (SSSR count). The van der Waals surface area contributed by atoms with Gasteiger partial charge in [-0.25, -0.2) is 10.2 Å². The number of methoxy groups -OCH3 is 1. The van der Waals surface area contributed by atoms with E-state index in [1.807, 2.05) is 4.90 Å². The predicted octanol–water partition coefficient (Wildman–Crippen LogP) is 2.17. The van der Waals surface area contributed by atoms with E-state index in [1.165, 1.54) is 13.3 Å². The van der Waals surface area contributed by atoms with E-state index < -0.39 is 5.97 Å². The SMILES string of the molecule is COC(=O)c1ccc(Cl)c(-c2ccc(/C=N\NC(=O)CN3CCOCC3)o2)c1. The van der Waals surface area contributed by atoms with Crippen LogP contribution in [-0.2, 0) is 14.3 Å². The van der Waals surface area contributed by atoms with Gasteiger partial charge in [0.25, 0.3) is 5.91 Å². The van der Waals surface area contributed by atoms with Crippen molar-refractivity contribution in [3.63, 3.8) is 0 Å². The van der Waals surface area contributed by atoms with Gasteiger partial charge in [0.2, 0.25) is 0 Å². The maximum Gasteiger partial charge on any atom is 0.337 e. The molecule has 1 saturated heterocycles. The fourth-order valence-corrected chi connectivity index (χ4v) is 2.90. The topological polar surface area (TPSA) is 93.4 Å². The van der Waals surface area contributed by atoms with Gasteiger partial charge in [0.05, 0.1) is 43.7 Å². The lowest BCUT2D eigenvalue weighted by Gasteiger charge is -2.25. The van der Waals surface area contributed by atoms with Crippen LogP contribution in [0.1, 0.15) is 16.1 Å². The van der Waals surface area contributed by atoms with E-state index >= 15 is 0 Å². The average molecular weight is 406 g/mol. The van der Waals surface area contributed by atoms with Crippen LogP contribution in [0.15, 0.2) is 39.9 Å². The molecule has 1 aliphatic rings. The maximum atomic E-state index is 11.9. The second-order valence-corrected chi connectivity index (χ2v) is 6.48. The first-order chi connectivity index (χ1) is 13.6. The van der Waals surface area contributed by atoms with E-state index in [9.17, 15) is 9.59 Å². The first-order valence-corrected chi connectivity index (χ1v) is 9.04. The van der Waals surface area contributed by atoms with Crippen LogP contribution >= 0.6 is 11.6 Å². The van der Waals surface area contributed by atoms with Gasteiger partial charge in [-0.05, 0) is 30.3 Å². The summed E-state index contributed by atoms with van der Waals surface area (Å²) in [5.74, 6) is 0.228. The van der Waals surface area contributed by atoms with E-state index in [0.29, 0.717) is 40.9 Å². The number of benzene rings is 1. The second-order valence-electron chi connectivity index (χ2n) is 6.07. The number of hydrogen-bond donors (Lipinski definition) is 1. The van der Waals surface area contributed by atoms with Crippen LogP contribution in [0, 0.1) is 0 Å². The Morgan fingerprint density at radius 1 is 1.29 bits per heavy atom. The van der Waals surface area contributed by atoms with E-state index in [4.69, 9.17) is 25.5 Å². The minimum absolute atomic E-state index is 0.209. The minimum atomic E-state index is -0.464. The number of carbonyl (C=O) groups excluding carboxylic acids is 2. The summed E-state index contributed by atoms with van der Waals surface area (Å²) >= 11 is 6.21. The monoisotopic (exact) mass is 405 g/mol. The van der Waals surface area contributed by atoms with Gasteiger partial charge < -0.3 is 13.9 Å². The highest BCUT2D eigenvalue weighted by atomic mass is 35.5. The molecular weight excluding hydrogens is 386 g/mol. The standard InChI is InChI=1S/C19H20ClN3O5/c1-26-19(25)13-2-4-16(20)15(10-13)17-5-3-14(28-17)11-21-22-18(24)12-23-6-8-27-9-7-23/h2-5,10-11H,6-9,12H2,1H3,(H,22,24)/b21-11-. The Labute approximate surface area is 167 Å². The van der Waals surface area contributed by atoms with Crippen molar-refractivity contribution in [1.82, 2.24) is 10.3 Å². The molecule has 0 radical (unpaired) electrons. The molecule has 0 spiro atoms. The summed E-state index contributed by atoms with van der Waals surface area (Å²) in [4.78, 5) is 25.6. The molecule has 1 amide bonds. The van der Waals surface area contributed by atoms with Crippen molar-refractivity contribution in [2.45, 2.75) is 0 Å². The number of nitrogens with zero attached hydrogens (tertiary/aromatic N) is 2. The van der Waals surface area contributed by atoms with Crippen molar-refractivity contribution in [2.75, 3.05) is 40.0 Å². The Balaban J connectivity index is 1.61.